The number of aliphatic imine (C=N–C) groups is 3. The summed E-state index contributed by atoms with van der Waals surface area (Å²) in [5.74, 6) is 0. The van der Waals surface area contributed by atoms with E-state index in [-0.39, 0.29) is 0 Å². The minimum absolute atomic E-state index is 0.530. The topological polar surface area (TPSA) is 37.1 Å². The van der Waals surface area contributed by atoms with Gasteiger partial charge in [0, 0.05) is 29.1 Å². The molecule has 222 valence electrons. The van der Waals surface area contributed by atoms with Crippen molar-refractivity contribution in [3.63, 3.8) is 0 Å². The molecule has 0 fully saturated rings. The Morgan fingerprint density at radius 3 is 2.35 bits per heavy atom. The monoisotopic (exact) mass is 593 g/mol. The quantitative estimate of drug-likeness (QED) is 0.175. The summed E-state index contributed by atoms with van der Waals surface area (Å²) in [7, 11) is 0. The molecule has 0 atom stereocenters. The number of hydrogen-bond acceptors (Lipinski definition) is 3. The summed E-state index contributed by atoms with van der Waals surface area (Å²) in [6.45, 7) is 4.50. The summed E-state index contributed by atoms with van der Waals surface area (Å²) in [4.78, 5) is 14.1. The van der Waals surface area contributed by atoms with Crippen molar-refractivity contribution in [3.05, 3.63) is 197 Å². The number of hydrogen-bond donors (Lipinski definition) is 0. The summed E-state index contributed by atoms with van der Waals surface area (Å²) in [5, 5.41) is 0. The zero-order chi connectivity index (χ0) is 31.4. The van der Waals surface area contributed by atoms with E-state index in [0.29, 0.717) is 6.54 Å². The van der Waals surface area contributed by atoms with Crippen LogP contribution in [0.4, 0.5) is 0 Å². The van der Waals surface area contributed by atoms with Gasteiger partial charge >= 0.3 is 0 Å². The molecule has 0 radical (unpaired) electrons. The van der Waals surface area contributed by atoms with Crippen molar-refractivity contribution in [2.75, 3.05) is 6.54 Å². The Labute approximate surface area is 271 Å². The van der Waals surface area contributed by atoms with Gasteiger partial charge in [0.15, 0.2) is 0 Å². The average molecular weight is 594 g/mol. The van der Waals surface area contributed by atoms with Crippen LogP contribution in [0.5, 0.6) is 0 Å². The third-order valence-corrected chi connectivity index (χ3v) is 7.90. The normalized spacial score (nSPS) is 17.7. The van der Waals surface area contributed by atoms with Crippen LogP contribution in [0, 0.1) is 0 Å². The highest BCUT2D eigenvalue weighted by Gasteiger charge is 2.11. The van der Waals surface area contributed by atoms with Crippen LogP contribution in [0.1, 0.15) is 29.5 Å². The van der Waals surface area contributed by atoms with Gasteiger partial charge in [-0.2, -0.15) is 0 Å². The van der Waals surface area contributed by atoms with Crippen LogP contribution in [0.2, 0.25) is 0 Å². The first-order valence-electron chi connectivity index (χ1n) is 15.5. The predicted octanol–water partition coefficient (Wildman–Crippen LogP) is 10.3. The highest BCUT2D eigenvalue weighted by atomic mass is 14.8. The van der Waals surface area contributed by atoms with Crippen LogP contribution in [0.3, 0.4) is 0 Å². The molecule has 1 heterocycles. The predicted molar refractivity (Wildman–Crippen MR) is 197 cm³/mol. The lowest BCUT2D eigenvalue weighted by molar-refractivity contribution is 1.10. The molecular formula is C43H35N3. The Morgan fingerprint density at radius 1 is 0.804 bits per heavy atom. The second-order valence-electron chi connectivity index (χ2n) is 11.0. The molecule has 0 unspecified atom stereocenters. The summed E-state index contributed by atoms with van der Waals surface area (Å²) in [5.41, 5.74) is 14.8. The lowest BCUT2D eigenvalue weighted by atomic mass is 9.96. The second-order valence-corrected chi connectivity index (χ2v) is 11.0. The maximum absolute atomic E-state index is 5.31. The molecule has 0 spiro atoms. The summed E-state index contributed by atoms with van der Waals surface area (Å²) in [6, 6.07) is 27.3. The Kier molecular flexibility index (Phi) is 9.97. The van der Waals surface area contributed by atoms with Gasteiger partial charge in [-0.3, -0.25) is 15.0 Å². The first-order valence-corrected chi connectivity index (χ1v) is 15.5. The number of rotatable bonds is 9. The minimum Gasteiger partial charge on any atom is -0.280 e. The maximum atomic E-state index is 5.31. The van der Waals surface area contributed by atoms with Crippen molar-refractivity contribution in [2.45, 2.75) is 12.8 Å². The van der Waals surface area contributed by atoms with Gasteiger partial charge < -0.3 is 0 Å². The summed E-state index contributed by atoms with van der Waals surface area (Å²) < 4.78 is 0. The van der Waals surface area contributed by atoms with Gasteiger partial charge in [-0.25, -0.2) is 0 Å². The molecule has 2 aliphatic carbocycles. The van der Waals surface area contributed by atoms with Crippen LogP contribution in [0.15, 0.2) is 195 Å². The average Bonchev–Trinajstić information content (AvgIpc) is 3.42. The molecule has 0 amide bonds. The van der Waals surface area contributed by atoms with Crippen LogP contribution < -0.4 is 0 Å². The Hall–Kier alpha value is -5.89. The van der Waals surface area contributed by atoms with Gasteiger partial charge in [0.05, 0.1) is 18.0 Å². The molecule has 0 aromatic heterocycles. The van der Waals surface area contributed by atoms with Crippen LogP contribution in [-0.2, 0) is 0 Å². The Balaban J connectivity index is 1.44. The van der Waals surface area contributed by atoms with E-state index in [9.17, 15) is 0 Å². The number of allylic oxidation sites excluding steroid dienone is 13. The molecule has 3 aliphatic rings. The van der Waals surface area contributed by atoms with E-state index in [1.54, 1.807) is 12.3 Å². The molecule has 0 N–H and O–H groups in total. The molecule has 3 aromatic carbocycles. The smallest absolute Gasteiger partial charge is 0.0716 e. The van der Waals surface area contributed by atoms with E-state index in [1.807, 2.05) is 24.4 Å². The first-order chi connectivity index (χ1) is 22.8. The zero-order valence-corrected chi connectivity index (χ0v) is 25.8. The molecule has 6 rings (SSSR count). The molecule has 3 nitrogen and oxygen atoms in total. The fraction of sp³-hybridized carbons (Fsp3) is 0.0698. The maximum Gasteiger partial charge on any atom is 0.0716 e. The Morgan fingerprint density at radius 2 is 1.57 bits per heavy atom. The second kappa shape index (κ2) is 15.2. The van der Waals surface area contributed by atoms with Crippen molar-refractivity contribution in [3.8, 4) is 11.1 Å². The highest BCUT2D eigenvalue weighted by molar-refractivity contribution is 6.13. The molecule has 3 heteroatoms. The molecule has 46 heavy (non-hydrogen) atoms. The Bertz CT molecular complexity index is 1990. The fourth-order valence-electron chi connectivity index (χ4n) is 5.48. The van der Waals surface area contributed by atoms with E-state index in [0.717, 1.165) is 57.6 Å². The first kappa shape index (κ1) is 30.1. The van der Waals surface area contributed by atoms with Crippen molar-refractivity contribution in [2.24, 2.45) is 15.0 Å². The van der Waals surface area contributed by atoms with E-state index >= 15 is 0 Å². The molecule has 3 aromatic rings. The SMILES string of the molecule is C=N/C(=C\C(=NCC(/C=C1/C=CC=CC1)=C1\C=CC=CC1)c1cccc(-c2ccccc2)c1)c1cccc(C2=CN=CC=C=C2)c1. The van der Waals surface area contributed by atoms with Crippen LogP contribution in [-0.4, -0.2) is 25.2 Å². The number of nitrogens with zero attached hydrogens (tertiary/aromatic N) is 3. The van der Waals surface area contributed by atoms with E-state index in [4.69, 9.17) is 4.99 Å². The molecule has 0 saturated carbocycles. The van der Waals surface area contributed by atoms with Gasteiger partial charge in [-0.05, 0) is 83.3 Å². The third kappa shape index (κ3) is 7.78. The van der Waals surface area contributed by atoms with Gasteiger partial charge in [-0.1, -0.05) is 121 Å². The van der Waals surface area contributed by atoms with E-state index in [1.165, 1.54) is 16.7 Å². The molecule has 0 saturated heterocycles. The minimum atomic E-state index is 0.530. The van der Waals surface area contributed by atoms with Crippen LogP contribution >= 0.6 is 0 Å². The van der Waals surface area contributed by atoms with Gasteiger partial charge in [0.25, 0.3) is 0 Å². The van der Waals surface area contributed by atoms with Crippen LogP contribution in [0.25, 0.3) is 22.4 Å². The largest absolute Gasteiger partial charge is 0.280 e. The summed E-state index contributed by atoms with van der Waals surface area (Å²) >= 11 is 0. The summed E-state index contributed by atoms with van der Waals surface area (Å²) in [6.07, 6.45) is 30.6. The highest BCUT2D eigenvalue weighted by Crippen LogP contribution is 2.26. The van der Waals surface area contributed by atoms with Crippen molar-refractivity contribution < 1.29 is 0 Å². The van der Waals surface area contributed by atoms with E-state index < -0.39 is 0 Å². The van der Waals surface area contributed by atoms with Crippen molar-refractivity contribution >= 4 is 29.9 Å². The van der Waals surface area contributed by atoms with Gasteiger partial charge in [0.1, 0.15) is 0 Å². The van der Waals surface area contributed by atoms with Crippen molar-refractivity contribution in [1.29, 1.82) is 0 Å². The van der Waals surface area contributed by atoms with Gasteiger partial charge in [0.2, 0.25) is 0 Å². The number of benzene rings is 3. The lowest BCUT2D eigenvalue weighted by Gasteiger charge is -2.13. The third-order valence-electron chi connectivity index (χ3n) is 7.90. The fourth-order valence-corrected chi connectivity index (χ4v) is 5.48. The lowest BCUT2D eigenvalue weighted by Crippen LogP contribution is -2.03. The molecule has 0 bridgehead atoms. The zero-order valence-electron chi connectivity index (χ0n) is 25.8. The van der Waals surface area contributed by atoms with Crippen molar-refractivity contribution in [1.82, 2.24) is 0 Å². The van der Waals surface area contributed by atoms with E-state index in [2.05, 4.69) is 150 Å². The standard InChI is InChI=1S/C43H35N3/c1-44-42(38-24-14-23-37(29-38)40-21-11-12-26-45-31-40)30-43(39-25-13-22-36(28-39)34-17-7-3-8-18-34)46-32-41(35-19-9-4-10-20-35)27-33-15-5-2-6-16-33/h2-10,12-15,17-19,21-31H,1,16,20,32H2/b33-27-,41-35+,42-30-,46-43?. The molecule has 1 aliphatic heterocycles. The van der Waals surface area contributed by atoms with Gasteiger partial charge in [-0.15, -0.1) is 5.73 Å². The molecular weight excluding hydrogens is 558 g/mol.